The third-order valence-electron chi connectivity index (χ3n) is 1.41. The first-order chi connectivity index (χ1) is 5.65. The molecule has 0 radical (unpaired) electrons. The lowest BCUT2D eigenvalue weighted by Crippen LogP contribution is -1.89. The largest absolute Gasteiger partial charge is 0.270 e. The average molecular weight is 275 g/mol. The van der Waals surface area contributed by atoms with Crippen molar-refractivity contribution < 1.29 is 4.92 Å². The van der Waals surface area contributed by atoms with Crippen LogP contribution in [0.15, 0.2) is 24.8 Å². The second-order valence-electron chi connectivity index (χ2n) is 2.17. The molecule has 0 aromatic heterocycles. The molecule has 0 aliphatic rings. The molecule has 0 heterocycles. The molecule has 1 aromatic rings. The van der Waals surface area contributed by atoms with Gasteiger partial charge in [-0.25, -0.2) is 0 Å². The Kier molecular flexibility index (Phi) is 2.80. The topological polar surface area (TPSA) is 43.1 Å². The molecule has 0 saturated carbocycles. The molecule has 1 aromatic carbocycles. The van der Waals surface area contributed by atoms with Crippen molar-refractivity contribution >= 4 is 34.4 Å². The van der Waals surface area contributed by atoms with E-state index in [1.54, 1.807) is 12.1 Å². The lowest BCUT2D eigenvalue weighted by molar-refractivity contribution is -0.384. The van der Waals surface area contributed by atoms with E-state index in [-0.39, 0.29) is 5.69 Å². The summed E-state index contributed by atoms with van der Waals surface area (Å²) in [5, 5.41) is 10.3. The number of rotatable bonds is 2. The number of nitro benzene ring substituents is 1. The van der Waals surface area contributed by atoms with Gasteiger partial charge >= 0.3 is 0 Å². The van der Waals surface area contributed by atoms with Gasteiger partial charge in [0, 0.05) is 15.7 Å². The quantitative estimate of drug-likeness (QED) is 0.473. The third-order valence-corrected chi connectivity index (χ3v) is 2.39. The van der Waals surface area contributed by atoms with Crippen molar-refractivity contribution in [3.8, 4) is 0 Å². The number of nitro groups is 1. The normalized spacial score (nSPS) is 9.42. The summed E-state index contributed by atoms with van der Waals surface area (Å²) < 4.78 is 0.966. The summed E-state index contributed by atoms with van der Waals surface area (Å²) in [7, 11) is 0. The molecule has 0 unspecified atom stereocenters. The molecule has 0 N–H and O–H groups in total. The highest BCUT2D eigenvalue weighted by atomic mass is 127. The summed E-state index contributed by atoms with van der Waals surface area (Å²) in [4.78, 5) is 9.94. The first kappa shape index (κ1) is 9.18. The van der Waals surface area contributed by atoms with E-state index in [0.717, 1.165) is 9.13 Å². The van der Waals surface area contributed by atoms with Gasteiger partial charge in [0.1, 0.15) is 0 Å². The Morgan fingerprint density at radius 3 is 2.75 bits per heavy atom. The van der Waals surface area contributed by atoms with Crippen LogP contribution in [0.5, 0.6) is 0 Å². The number of hydrogen-bond donors (Lipinski definition) is 0. The van der Waals surface area contributed by atoms with E-state index in [4.69, 9.17) is 0 Å². The van der Waals surface area contributed by atoms with Crippen molar-refractivity contribution in [3.05, 3.63) is 44.0 Å². The van der Waals surface area contributed by atoms with Crippen LogP contribution < -0.4 is 0 Å². The second kappa shape index (κ2) is 3.66. The van der Waals surface area contributed by atoms with Crippen molar-refractivity contribution in [2.24, 2.45) is 0 Å². The Morgan fingerprint density at radius 1 is 1.58 bits per heavy atom. The van der Waals surface area contributed by atoms with Gasteiger partial charge in [-0.1, -0.05) is 12.7 Å². The molecule has 3 nitrogen and oxygen atoms in total. The number of nitrogens with zero attached hydrogens (tertiary/aromatic N) is 1. The van der Waals surface area contributed by atoms with Gasteiger partial charge in [0.15, 0.2) is 0 Å². The van der Waals surface area contributed by atoms with Gasteiger partial charge in [0.25, 0.3) is 5.69 Å². The van der Waals surface area contributed by atoms with E-state index >= 15 is 0 Å². The maximum Gasteiger partial charge on any atom is 0.270 e. The van der Waals surface area contributed by atoms with Gasteiger partial charge in [-0.2, -0.15) is 0 Å². The highest BCUT2D eigenvalue weighted by Crippen LogP contribution is 2.19. The number of hydrogen-bond acceptors (Lipinski definition) is 2. The lowest BCUT2D eigenvalue weighted by atomic mass is 10.2. The van der Waals surface area contributed by atoms with Crippen LogP contribution in [0.1, 0.15) is 5.56 Å². The summed E-state index contributed by atoms with van der Waals surface area (Å²) >= 11 is 2.11. The third kappa shape index (κ3) is 1.82. The molecule has 4 heteroatoms. The van der Waals surface area contributed by atoms with Crippen molar-refractivity contribution in [2.45, 2.75) is 0 Å². The average Bonchev–Trinajstić information content (AvgIpc) is 2.05. The maximum atomic E-state index is 10.3. The molecule has 0 spiro atoms. The highest BCUT2D eigenvalue weighted by Gasteiger charge is 2.06. The van der Waals surface area contributed by atoms with Crippen LogP contribution in [0.4, 0.5) is 5.69 Å². The van der Waals surface area contributed by atoms with Crippen molar-refractivity contribution in [1.82, 2.24) is 0 Å². The Labute approximate surface area is 83.4 Å². The minimum Gasteiger partial charge on any atom is -0.258 e. The van der Waals surface area contributed by atoms with Crippen molar-refractivity contribution in [1.29, 1.82) is 0 Å². The van der Waals surface area contributed by atoms with Gasteiger partial charge < -0.3 is 0 Å². The molecule has 0 bridgehead atoms. The molecule has 0 atom stereocenters. The van der Waals surface area contributed by atoms with Crippen molar-refractivity contribution in [2.75, 3.05) is 0 Å². The van der Waals surface area contributed by atoms with E-state index < -0.39 is 4.92 Å². The monoisotopic (exact) mass is 275 g/mol. The van der Waals surface area contributed by atoms with Crippen molar-refractivity contribution in [3.63, 3.8) is 0 Å². The molecule has 0 fully saturated rings. The first-order valence-electron chi connectivity index (χ1n) is 3.21. The predicted molar refractivity (Wildman–Crippen MR) is 55.9 cm³/mol. The SMILES string of the molecule is C=Cc1cc([N+](=O)[O-])ccc1I. The standard InChI is InChI=1S/C8H6INO2/c1-2-6-5-7(10(11)12)3-4-8(6)9/h2-5H,1H2. The molecule has 0 aliphatic heterocycles. The van der Waals surface area contributed by atoms with Crippen LogP contribution in [0.3, 0.4) is 0 Å². The zero-order chi connectivity index (χ0) is 9.14. The Bertz CT molecular complexity index is 336. The Hall–Kier alpha value is -0.910. The zero-order valence-electron chi connectivity index (χ0n) is 6.16. The fourth-order valence-electron chi connectivity index (χ4n) is 0.801. The molecule has 0 aliphatic carbocycles. The van der Waals surface area contributed by atoms with E-state index in [1.807, 2.05) is 0 Å². The summed E-state index contributed by atoms with van der Waals surface area (Å²) in [6, 6.07) is 4.69. The molecule has 62 valence electrons. The van der Waals surface area contributed by atoms with E-state index in [0.29, 0.717) is 0 Å². The van der Waals surface area contributed by atoms with E-state index in [1.165, 1.54) is 12.1 Å². The molecule has 1 rings (SSSR count). The number of halogens is 1. The van der Waals surface area contributed by atoms with Crippen LogP contribution in [-0.2, 0) is 0 Å². The Morgan fingerprint density at radius 2 is 2.25 bits per heavy atom. The molecular formula is C8H6INO2. The van der Waals surface area contributed by atoms with Gasteiger partial charge in [0.05, 0.1) is 4.92 Å². The fraction of sp³-hybridized carbons (Fsp3) is 0. The first-order valence-corrected chi connectivity index (χ1v) is 4.29. The predicted octanol–water partition coefficient (Wildman–Crippen LogP) is 2.84. The molecule has 0 saturated heterocycles. The van der Waals surface area contributed by atoms with Crippen LogP contribution in [-0.4, -0.2) is 4.92 Å². The minimum absolute atomic E-state index is 0.102. The Balaban J connectivity index is 3.22. The highest BCUT2D eigenvalue weighted by molar-refractivity contribution is 14.1. The van der Waals surface area contributed by atoms with Crippen LogP contribution in [0, 0.1) is 13.7 Å². The summed E-state index contributed by atoms with van der Waals surface area (Å²) in [5.41, 5.74) is 0.898. The molecule has 0 amide bonds. The minimum atomic E-state index is -0.414. The fourth-order valence-corrected chi connectivity index (χ4v) is 1.36. The van der Waals surface area contributed by atoms with Crippen LogP contribution >= 0.6 is 22.6 Å². The van der Waals surface area contributed by atoms with Gasteiger partial charge in [0.2, 0.25) is 0 Å². The van der Waals surface area contributed by atoms with Crippen LogP contribution in [0.2, 0.25) is 0 Å². The second-order valence-corrected chi connectivity index (χ2v) is 3.33. The summed E-state index contributed by atoms with van der Waals surface area (Å²) in [6.07, 6.45) is 1.61. The lowest BCUT2D eigenvalue weighted by Gasteiger charge is -1.96. The molecule has 12 heavy (non-hydrogen) atoms. The summed E-state index contributed by atoms with van der Waals surface area (Å²) in [6.45, 7) is 3.56. The zero-order valence-corrected chi connectivity index (χ0v) is 8.32. The van der Waals surface area contributed by atoms with E-state index in [9.17, 15) is 10.1 Å². The smallest absolute Gasteiger partial charge is 0.258 e. The van der Waals surface area contributed by atoms with Crippen LogP contribution in [0.25, 0.3) is 6.08 Å². The van der Waals surface area contributed by atoms with E-state index in [2.05, 4.69) is 29.2 Å². The number of benzene rings is 1. The maximum absolute atomic E-state index is 10.3. The van der Waals surface area contributed by atoms with Gasteiger partial charge in [-0.05, 0) is 34.2 Å². The molecular weight excluding hydrogens is 269 g/mol. The van der Waals surface area contributed by atoms with Gasteiger partial charge in [-0.3, -0.25) is 10.1 Å². The van der Waals surface area contributed by atoms with Gasteiger partial charge in [-0.15, -0.1) is 0 Å². The number of non-ortho nitro benzene ring substituents is 1. The summed E-state index contributed by atoms with van der Waals surface area (Å²) in [5.74, 6) is 0.